The zero-order valence-corrected chi connectivity index (χ0v) is 26.6. The van der Waals surface area contributed by atoms with Gasteiger partial charge in [0, 0.05) is 37.6 Å². The Morgan fingerprint density at radius 1 is 1.16 bits per heavy atom. The molecular formula is C34H39FN6O4. The van der Waals surface area contributed by atoms with Crippen LogP contribution in [0.2, 0.25) is 0 Å². The third kappa shape index (κ3) is 6.02. The van der Waals surface area contributed by atoms with Crippen molar-refractivity contribution >= 4 is 29.2 Å². The van der Waals surface area contributed by atoms with Crippen molar-refractivity contribution in [3.05, 3.63) is 77.0 Å². The van der Waals surface area contributed by atoms with E-state index in [1.165, 1.54) is 17.7 Å². The maximum Gasteiger partial charge on any atom is 0.417 e. The number of benzene rings is 1. The SMILES string of the molecule is CN(C)Cc1nc(Nc2ccc(-c3cnc4cc(F)ccn34)c3c2C(=O)N(C(=O)OC(C)(C)C)C3)ccc1C1(C)CCOCC1. The molecule has 11 heteroatoms. The van der Waals surface area contributed by atoms with Gasteiger partial charge >= 0.3 is 6.09 Å². The number of pyridine rings is 2. The molecule has 0 atom stereocenters. The highest BCUT2D eigenvalue weighted by atomic mass is 19.1. The predicted molar refractivity (Wildman–Crippen MR) is 169 cm³/mol. The van der Waals surface area contributed by atoms with Crippen molar-refractivity contribution in [2.45, 2.75) is 64.6 Å². The number of carbonyl (C=O) groups is 2. The summed E-state index contributed by atoms with van der Waals surface area (Å²) >= 11 is 0. The fraction of sp³-hybridized carbons (Fsp3) is 0.412. The minimum atomic E-state index is -0.780. The second-order valence-electron chi connectivity index (χ2n) is 13.3. The second kappa shape index (κ2) is 11.5. The highest BCUT2D eigenvalue weighted by Gasteiger charge is 2.39. The van der Waals surface area contributed by atoms with Crippen LogP contribution in [0.5, 0.6) is 0 Å². The molecule has 0 bridgehead atoms. The van der Waals surface area contributed by atoms with Crippen molar-refractivity contribution in [2.24, 2.45) is 0 Å². The van der Waals surface area contributed by atoms with E-state index in [0.717, 1.165) is 23.4 Å². The molecule has 0 spiro atoms. The van der Waals surface area contributed by atoms with Crippen molar-refractivity contribution in [2.75, 3.05) is 32.6 Å². The quantitative estimate of drug-likeness (QED) is 0.270. The number of imidazole rings is 1. The number of hydrogen-bond acceptors (Lipinski definition) is 8. The Morgan fingerprint density at radius 3 is 2.62 bits per heavy atom. The molecule has 3 aromatic heterocycles. The Hall–Kier alpha value is -4.35. The highest BCUT2D eigenvalue weighted by Crippen LogP contribution is 2.40. The molecule has 5 heterocycles. The van der Waals surface area contributed by atoms with Gasteiger partial charge in [0.25, 0.3) is 5.91 Å². The molecule has 10 nitrogen and oxygen atoms in total. The normalized spacial score (nSPS) is 16.4. The zero-order valence-electron chi connectivity index (χ0n) is 26.6. The van der Waals surface area contributed by atoms with Crippen LogP contribution in [0.25, 0.3) is 16.9 Å². The van der Waals surface area contributed by atoms with E-state index in [9.17, 15) is 14.0 Å². The number of amides is 2. The number of halogens is 1. The number of carbonyl (C=O) groups excluding carboxylic acids is 2. The number of anilines is 2. The number of nitrogens with one attached hydrogen (secondary N) is 1. The van der Waals surface area contributed by atoms with Crippen molar-refractivity contribution in [3.63, 3.8) is 0 Å². The van der Waals surface area contributed by atoms with Gasteiger partial charge in [0.05, 0.1) is 35.4 Å². The summed E-state index contributed by atoms with van der Waals surface area (Å²) in [6, 6.07) is 10.5. The van der Waals surface area contributed by atoms with Crippen LogP contribution in [-0.2, 0) is 28.0 Å². The van der Waals surface area contributed by atoms with Gasteiger partial charge in [-0.2, -0.15) is 0 Å². The summed E-state index contributed by atoms with van der Waals surface area (Å²) in [4.78, 5) is 39.8. The number of ether oxygens (including phenoxy) is 2. The van der Waals surface area contributed by atoms with Crippen LogP contribution in [0.1, 0.15) is 67.7 Å². The minimum Gasteiger partial charge on any atom is -0.443 e. The van der Waals surface area contributed by atoms with Crippen LogP contribution in [0.15, 0.2) is 48.8 Å². The van der Waals surface area contributed by atoms with Crippen LogP contribution in [0, 0.1) is 5.82 Å². The van der Waals surface area contributed by atoms with Crippen molar-refractivity contribution in [1.29, 1.82) is 0 Å². The van der Waals surface area contributed by atoms with E-state index in [-0.39, 0.29) is 12.0 Å². The molecule has 1 aromatic carbocycles. The van der Waals surface area contributed by atoms with Crippen LogP contribution < -0.4 is 5.32 Å². The standard InChI is InChI=1S/C34H39FN6O4/c1-33(2,3)45-32(43)41-19-23-22(27-18-36-29-17-21(35)11-14-40(27)29)7-9-25(30(23)31(41)42)37-28-10-8-24(26(38-28)20-39(5)6)34(4)12-15-44-16-13-34/h7-11,14,17-18H,12-13,15-16,19-20H2,1-6H3,(H,37,38). The smallest absolute Gasteiger partial charge is 0.417 e. The lowest BCUT2D eigenvalue weighted by molar-refractivity contribution is 0.0248. The highest BCUT2D eigenvalue weighted by molar-refractivity contribution is 6.11. The number of rotatable bonds is 6. The monoisotopic (exact) mass is 614 g/mol. The van der Waals surface area contributed by atoms with E-state index < -0.39 is 23.4 Å². The summed E-state index contributed by atoms with van der Waals surface area (Å²) in [7, 11) is 4.03. The van der Waals surface area contributed by atoms with Crippen LogP contribution in [0.4, 0.5) is 20.7 Å². The average molecular weight is 615 g/mol. The first kappa shape index (κ1) is 30.7. The largest absolute Gasteiger partial charge is 0.443 e. The zero-order chi connectivity index (χ0) is 32.1. The lowest BCUT2D eigenvalue weighted by Crippen LogP contribution is -2.37. The van der Waals surface area contributed by atoms with Crippen LogP contribution in [0.3, 0.4) is 0 Å². The molecule has 2 aliphatic rings. The predicted octanol–water partition coefficient (Wildman–Crippen LogP) is 6.30. The third-order valence-corrected chi connectivity index (χ3v) is 8.40. The molecule has 2 amide bonds. The van der Waals surface area contributed by atoms with Crippen molar-refractivity contribution < 1.29 is 23.5 Å². The van der Waals surface area contributed by atoms with Gasteiger partial charge in [-0.1, -0.05) is 19.1 Å². The van der Waals surface area contributed by atoms with Gasteiger partial charge in [0.1, 0.15) is 22.9 Å². The summed E-state index contributed by atoms with van der Waals surface area (Å²) in [5.41, 5.74) is 4.67. The number of nitrogens with zero attached hydrogens (tertiary/aromatic N) is 5. The number of aromatic nitrogens is 3. The van der Waals surface area contributed by atoms with E-state index in [1.54, 1.807) is 37.6 Å². The Kier molecular flexibility index (Phi) is 7.86. The maximum absolute atomic E-state index is 14.0. The molecule has 4 aromatic rings. The molecule has 1 fully saturated rings. The number of imide groups is 1. The van der Waals surface area contributed by atoms with Crippen LogP contribution in [-0.4, -0.2) is 69.1 Å². The lowest BCUT2D eigenvalue weighted by atomic mass is 9.75. The molecule has 236 valence electrons. The molecule has 6 rings (SSSR count). The first-order valence-corrected chi connectivity index (χ1v) is 15.2. The summed E-state index contributed by atoms with van der Waals surface area (Å²) in [6.07, 6.45) is 4.36. The Morgan fingerprint density at radius 2 is 1.91 bits per heavy atom. The number of hydrogen-bond donors (Lipinski definition) is 1. The van der Waals surface area contributed by atoms with Gasteiger partial charge in [-0.05, 0) is 82.4 Å². The van der Waals surface area contributed by atoms with Gasteiger partial charge in [-0.25, -0.2) is 24.1 Å². The van der Waals surface area contributed by atoms with E-state index in [0.29, 0.717) is 59.3 Å². The fourth-order valence-electron chi connectivity index (χ4n) is 6.15. The Bertz CT molecular complexity index is 1790. The molecule has 0 saturated carbocycles. The lowest BCUT2D eigenvalue weighted by Gasteiger charge is -2.35. The molecule has 0 unspecified atom stereocenters. The summed E-state index contributed by atoms with van der Waals surface area (Å²) in [5.74, 6) is -0.271. The molecular weight excluding hydrogens is 575 g/mol. The van der Waals surface area contributed by atoms with E-state index in [4.69, 9.17) is 14.5 Å². The molecule has 0 radical (unpaired) electrons. The van der Waals surface area contributed by atoms with Crippen LogP contribution >= 0.6 is 0 Å². The van der Waals surface area contributed by atoms with Crippen molar-refractivity contribution in [3.8, 4) is 11.3 Å². The number of fused-ring (bicyclic) bond motifs is 2. The third-order valence-electron chi connectivity index (χ3n) is 8.40. The summed E-state index contributed by atoms with van der Waals surface area (Å²) in [5, 5.41) is 3.39. The molecule has 2 aliphatic heterocycles. The Balaban J connectivity index is 1.42. The van der Waals surface area contributed by atoms with Crippen molar-refractivity contribution in [1.82, 2.24) is 24.2 Å². The fourth-order valence-corrected chi connectivity index (χ4v) is 6.15. The van der Waals surface area contributed by atoms with E-state index in [2.05, 4.69) is 28.2 Å². The van der Waals surface area contributed by atoms with Gasteiger partial charge in [0.2, 0.25) is 0 Å². The summed E-state index contributed by atoms with van der Waals surface area (Å²) in [6.45, 7) is 9.65. The average Bonchev–Trinajstić information content (AvgIpc) is 3.53. The van der Waals surface area contributed by atoms with E-state index >= 15 is 0 Å². The molecule has 45 heavy (non-hydrogen) atoms. The van der Waals surface area contributed by atoms with Gasteiger partial charge in [-0.3, -0.25) is 9.20 Å². The van der Waals surface area contributed by atoms with Gasteiger partial charge in [0.15, 0.2) is 0 Å². The molecule has 0 aliphatic carbocycles. The second-order valence-corrected chi connectivity index (χ2v) is 13.3. The first-order chi connectivity index (χ1) is 21.3. The van der Waals surface area contributed by atoms with Gasteiger partial charge < -0.3 is 19.7 Å². The summed E-state index contributed by atoms with van der Waals surface area (Å²) < 4.78 is 26.9. The topological polar surface area (TPSA) is 101 Å². The maximum atomic E-state index is 14.0. The Labute approximate surface area is 262 Å². The first-order valence-electron chi connectivity index (χ1n) is 15.2. The molecule has 1 N–H and O–H groups in total. The van der Waals surface area contributed by atoms with E-state index in [1.807, 2.05) is 32.3 Å². The van der Waals surface area contributed by atoms with Gasteiger partial charge in [-0.15, -0.1) is 0 Å². The minimum absolute atomic E-state index is 0.0149. The molecule has 1 saturated heterocycles.